The number of rotatable bonds is 43. The topological polar surface area (TPSA) is 167 Å². The van der Waals surface area contributed by atoms with Crippen molar-refractivity contribution in [1.29, 1.82) is 0 Å². The van der Waals surface area contributed by atoms with Gasteiger partial charge in [0, 0.05) is 131 Å². The number of unbranched alkanes of at least 4 members (excludes halogenated alkanes) is 6. The van der Waals surface area contributed by atoms with Crippen molar-refractivity contribution in [2.45, 2.75) is 220 Å². The van der Waals surface area contributed by atoms with Gasteiger partial charge in [-0.2, -0.15) is 4.58 Å². The second kappa shape index (κ2) is 41.5. The van der Waals surface area contributed by atoms with Gasteiger partial charge in [-0.1, -0.05) is 107 Å². The van der Waals surface area contributed by atoms with E-state index >= 15 is 0 Å². The van der Waals surface area contributed by atoms with E-state index in [1.165, 1.54) is 57.6 Å². The molecule has 0 bridgehead atoms. The molecule has 3 aliphatic rings. The largest absolute Gasteiger partial charge is 0.497 e. The number of amides is 2. The van der Waals surface area contributed by atoms with Crippen molar-refractivity contribution in [2.24, 2.45) is 0 Å². The molecule has 2 atom stereocenters. The number of anilines is 1. The third-order valence-electron chi connectivity index (χ3n) is 22.1. The predicted octanol–water partition coefficient (Wildman–Crippen LogP) is 19.1. The van der Waals surface area contributed by atoms with Crippen molar-refractivity contribution < 1.29 is 37.6 Å². The highest BCUT2D eigenvalue weighted by molar-refractivity contribution is 6.04. The van der Waals surface area contributed by atoms with Crippen molar-refractivity contribution in [3.8, 4) is 17.2 Å². The Morgan fingerprint density at radius 3 is 1.77 bits per heavy atom. The van der Waals surface area contributed by atoms with Gasteiger partial charge >= 0.3 is 0 Å². The molecular weight excluding hydrogens is 1410 g/mol. The van der Waals surface area contributed by atoms with Crippen molar-refractivity contribution in [3.05, 3.63) is 274 Å². The highest BCUT2D eigenvalue weighted by Gasteiger charge is 2.45. The summed E-state index contributed by atoms with van der Waals surface area (Å²) in [7, 11) is 3.48. The van der Waals surface area contributed by atoms with E-state index < -0.39 is 18.1 Å². The number of hydrogen-bond donors (Lipinski definition) is 2. The first-order valence-electron chi connectivity index (χ1n) is 41.2. The molecule has 1 unspecified atom stereocenters. The highest BCUT2D eigenvalue weighted by Crippen LogP contribution is 2.50. The first-order valence-corrected chi connectivity index (χ1v) is 41.2. The van der Waals surface area contributed by atoms with Gasteiger partial charge in [0.2, 0.25) is 11.6 Å². The predicted molar refractivity (Wildman–Crippen MR) is 452 cm³/mol. The van der Waals surface area contributed by atoms with Crippen LogP contribution in [-0.2, 0) is 70.9 Å². The third-order valence-corrected chi connectivity index (χ3v) is 22.1. The zero-order valence-electron chi connectivity index (χ0n) is 68.2. The molecule has 2 aliphatic heterocycles. The average Bonchev–Trinajstić information content (AvgIpc) is 1.60. The molecule has 11 rings (SSSR count). The van der Waals surface area contributed by atoms with Crippen LogP contribution in [0.15, 0.2) is 218 Å². The van der Waals surface area contributed by atoms with Crippen LogP contribution in [0.3, 0.4) is 0 Å². The number of methoxy groups -OCH3 is 2. The fourth-order valence-corrected chi connectivity index (χ4v) is 16.0. The Labute approximate surface area is 670 Å². The quantitative estimate of drug-likeness (QED) is 0.0274. The molecule has 16 nitrogen and oxygen atoms in total. The number of aryl methyl sites for hydroxylation is 1. The van der Waals surface area contributed by atoms with Gasteiger partial charge in [-0.15, -0.1) is 0 Å². The molecule has 0 saturated carbocycles. The zero-order chi connectivity index (χ0) is 79.5. The lowest BCUT2D eigenvalue weighted by Gasteiger charge is -2.27. The summed E-state index contributed by atoms with van der Waals surface area (Å²) in [6.45, 7) is 21.4. The smallest absolute Gasteiger partial charge is 0.254 e. The zero-order valence-corrected chi connectivity index (χ0v) is 68.2. The van der Waals surface area contributed by atoms with E-state index in [0.717, 1.165) is 133 Å². The fourth-order valence-electron chi connectivity index (χ4n) is 16.0. The molecule has 594 valence electrons. The number of hydrogen-bond acceptors (Lipinski definition) is 13. The monoisotopic (exact) mass is 1520 g/mol. The minimum atomic E-state index is -1.62. The van der Waals surface area contributed by atoms with E-state index in [1.54, 1.807) is 14.2 Å². The van der Waals surface area contributed by atoms with Gasteiger partial charge in [0.15, 0.2) is 17.7 Å². The van der Waals surface area contributed by atoms with E-state index in [0.29, 0.717) is 84.4 Å². The van der Waals surface area contributed by atoms with Gasteiger partial charge in [0.1, 0.15) is 23.8 Å². The summed E-state index contributed by atoms with van der Waals surface area (Å²) in [5.74, 6) is 1.59. The van der Waals surface area contributed by atoms with Crippen molar-refractivity contribution in [3.63, 3.8) is 0 Å². The van der Waals surface area contributed by atoms with Gasteiger partial charge in [-0.25, -0.2) is 4.39 Å². The molecule has 113 heavy (non-hydrogen) atoms. The lowest BCUT2D eigenvalue weighted by molar-refractivity contribution is -0.438. The van der Waals surface area contributed by atoms with Crippen molar-refractivity contribution in [1.82, 2.24) is 40.4 Å². The van der Waals surface area contributed by atoms with Crippen LogP contribution >= 0.6 is 0 Å². The third kappa shape index (κ3) is 23.2. The van der Waals surface area contributed by atoms with E-state index in [1.807, 2.05) is 73.3 Å². The van der Waals surface area contributed by atoms with Crippen LogP contribution < -0.4 is 29.7 Å². The number of ketones is 1. The summed E-state index contributed by atoms with van der Waals surface area (Å²) in [6.07, 6.45) is 28.2. The second-order valence-electron chi connectivity index (χ2n) is 31.5. The van der Waals surface area contributed by atoms with Gasteiger partial charge in [-0.05, 0) is 239 Å². The molecule has 2 N–H and O–H groups in total. The van der Waals surface area contributed by atoms with E-state index in [9.17, 15) is 18.8 Å². The SMILES string of the molecule is CCCCC[N+]1=C(/C=C/C2=C(c3ccc(CCC(=O)N[C@@H](CCCCNC(=O)C(C)[18F])C(=O)CCCCCOc4cc(CN(Cc5ccccn5)Cc5ccccn5)cc(CN(Cc5ccccn5)Cc5ccccn5)c4)cc3)C(=C/C=C3/N(CCCC)c4ccc(OC)cc4C3(C)C)/CCC2)C(C)(C)c2cc(OC)ccc21. The number of benzene rings is 4. The fraction of sp³-hybridized carbons (Fsp3) is 0.417. The molecule has 4 aromatic heterocycles. The van der Waals surface area contributed by atoms with Crippen LogP contribution in [0.1, 0.15) is 207 Å². The van der Waals surface area contributed by atoms with Crippen LogP contribution in [0, 0.1) is 0 Å². The van der Waals surface area contributed by atoms with E-state index in [4.69, 9.17) is 34.1 Å². The summed E-state index contributed by atoms with van der Waals surface area (Å²) in [6, 6.07) is 51.7. The summed E-state index contributed by atoms with van der Waals surface area (Å²) in [5.41, 5.74) is 19.0. The van der Waals surface area contributed by atoms with Crippen LogP contribution in [0.25, 0.3) is 5.57 Å². The molecule has 0 radical (unpaired) electrons. The minimum absolute atomic E-state index is 0.0341. The Hall–Kier alpha value is -10.2. The summed E-state index contributed by atoms with van der Waals surface area (Å²) < 4.78 is 34.6. The Bertz CT molecular complexity index is 4410. The molecule has 17 heteroatoms. The van der Waals surface area contributed by atoms with E-state index in [-0.39, 0.29) is 41.9 Å². The highest BCUT2D eigenvalue weighted by atomic mass is 18.2. The van der Waals surface area contributed by atoms with E-state index in [2.05, 4.69) is 199 Å². The number of Topliss-reactive ketones (excluding diaryl/α,β-unsaturated/α-hetero) is 1. The lowest BCUT2D eigenvalue weighted by atomic mass is 9.79. The number of nitrogens with zero attached hydrogens (tertiary/aromatic N) is 8. The molecule has 2 amide bonds. The number of ether oxygens (including phenoxy) is 3. The molecule has 0 spiro atoms. The number of aromatic nitrogens is 4. The minimum Gasteiger partial charge on any atom is -0.497 e. The van der Waals surface area contributed by atoms with Crippen LogP contribution in [0.4, 0.5) is 15.8 Å². The number of allylic oxidation sites excluding steroid dienone is 8. The number of fused-ring (bicyclic) bond motifs is 2. The number of nitrogens with one attached hydrogen (secondary N) is 2. The van der Waals surface area contributed by atoms with Crippen molar-refractivity contribution >= 4 is 40.3 Å². The molecule has 4 aromatic carbocycles. The molecule has 1 aliphatic carbocycles. The number of pyridine rings is 4. The average molecular weight is 1530 g/mol. The van der Waals surface area contributed by atoms with Gasteiger partial charge in [0.05, 0.1) is 55.1 Å². The second-order valence-corrected chi connectivity index (χ2v) is 31.5. The number of alkyl halides is 1. The summed E-state index contributed by atoms with van der Waals surface area (Å²) in [5, 5.41) is 5.81. The summed E-state index contributed by atoms with van der Waals surface area (Å²) in [4.78, 5) is 66.7. The van der Waals surface area contributed by atoms with Crippen LogP contribution in [0.2, 0.25) is 0 Å². The normalized spacial score (nSPS) is 15.6. The molecule has 6 heterocycles. The Balaban J connectivity index is 0.790. The van der Waals surface area contributed by atoms with Gasteiger partial charge in [-0.3, -0.25) is 44.1 Å². The molecular formula is C96H118FN10O6+. The van der Waals surface area contributed by atoms with Crippen molar-refractivity contribution in [2.75, 3.05) is 45.4 Å². The summed E-state index contributed by atoms with van der Waals surface area (Å²) >= 11 is 0. The van der Waals surface area contributed by atoms with Gasteiger partial charge in [0.25, 0.3) is 5.91 Å². The Morgan fingerprint density at radius 1 is 0.593 bits per heavy atom. The van der Waals surface area contributed by atoms with Crippen LogP contribution in [-0.4, -0.2) is 110 Å². The Morgan fingerprint density at radius 2 is 1.19 bits per heavy atom. The number of carbonyl (C=O) groups excluding carboxylic acids is 3. The first-order chi connectivity index (χ1) is 54.9. The number of halogens is 1. The Kier molecular flexibility index (Phi) is 30.8. The maximum absolute atomic E-state index is 14.4. The molecule has 0 saturated heterocycles. The van der Waals surface area contributed by atoms with Crippen LogP contribution in [0.5, 0.6) is 17.2 Å². The standard InChI is InChI=1S/C96H117FN10O6/c1-10-12-26-57-107-88-47-45-82(112-9)63-85(88)96(6,7)91(107)49-43-75-30-28-29-74(42-48-90-95(4,5)84-62-81(111-8)44-46-87(84)106(90)56-13-11-2)93(75)76-40-37-71(38-41-76)39-50-92(109)103-86(35-20-25-55-102-94(110)70(3)97)89(108)36-15-14-27-58-113-83-60-72(64-104(66-77-31-16-21-51-98-77)67-78-32-17-22-52-99-78)59-73(61-83)65-105(68-79-33-18-23-53-100-79)69-80-34-19-24-54-101-80/h16-19,21-24,31-34,37-38,40-49,51-54,59-63,70,86H,10-15,20,25-30,35-36,39,50,55-58,64-69H2,1-9H3,(H-,102,103,109,110)/p+1/t70?,86-/m0/s1/i97-1. The lowest BCUT2D eigenvalue weighted by Crippen LogP contribution is -2.41. The first kappa shape index (κ1) is 83.7. The van der Waals surface area contributed by atoms with Gasteiger partial charge < -0.3 is 29.7 Å². The molecule has 8 aromatic rings. The maximum Gasteiger partial charge on any atom is 0.254 e. The number of carbonyl (C=O) groups is 3. The molecule has 0 fully saturated rings. The maximum atomic E-state index is 14.4.